The Hall–Kier alpha value is -2.49. The number of aromatic nitrogens is 1. The summed E-state index contributed by atoms with van der Waals surface area (Å²) in [7, 11) is 0. The van der Waals surface area contributed by atoms with Gasteiger partial charge in [0, 0.05) is 23.7 Å². The number of nitrogens with one attached hydrogen (secondary N) is 2. The number of anilines is 2. The van der Waals surface area contributed by atoms with Crippen LogP contribution in [-0.4, -0.2) is 48.1 Å². The molecule has 0 bridgehead atoms. The maximum absolute atomic E-state index is 12.3. The molecule has 0 atom stereocenters. The van der Waals surface area contributed by atoms with E-state index in [-0.39, 0.29) is 11.9 Å². The van der Waals surface area contributed by atoms with Gasteiger partial charge in [-0.05, 0) is 29.6 Å². The Bertz CT molecular complexity index is 949. The Morgan fingerprint density at radius 3 is 2.81 bits per heavy atom. The van der Waals surface area contributed by atoms with Crippen LogP contribution in [0.3, 0.4) is 0 Å². The van der Waals surface area contributed by atoms with Crippen LogP contribution in [0.25, 0.3) is 10.2 Å². The molecule has 27 heavy (non-hydrogen) atoms. The fraction of sp³-hybridized carbons (Fsp3) is 0.278. The van der Waals surface area contributed by atoms with Crippen molar-refractivity contribution in [1.82, 2.24) is 9.88 Å². The molecule has 140 valence electrons. The van der Waals surface area contributed by atoms with Crippen molar-refractivity contribution in [3.8, 4) is 0 Å². The van der Waals surface area contributed by atoms with Crippen LogP contribution in [0.1, 0.15) is 4.88 Å². The fourth-order valence-corrected chi connectivity index (χ4v) is 4.37. The highest BCUT2D eigenvalue weighted by Gasteiger charge is 2.18. The molecule has 1 aliphatic heterocycles. The maximum Gasteiger partial charge on any atom is 0.323 e. The Kier molecular flexibility index (Phi) is 5.33. The van der Waals surface area contributed by atoms with E-state index in [2.05, 4.69) is 15.6 Å². The van der Waals surface area contributed by atoms with Crippen molar-refractivity contribution in [2.75, 3.05) is 36.9 Å². The van der Waals surface area contributed by atoms with Crippen molar-refractivity contribution in [3.63, 3.8) is 0 Å². The summed E-state index contributed by atoms with van der Waals surface area (Å²) >= 11 is 2.95. The molecule has 2 aromatic heterocycles. The van der Waals surface area contributed by atoms with Crippen LogP contribution in [0, 0.1) is 0 Å². The number of benzene rings is 1. The van der Waals surface area contributed by atoms with Crippen LogP contribution in [-0.2, 0) is 16.0 Å². The number of urea groups is 1. The number of thiophene rings is 1. The van der Waals surface area contributed by atoms with Crippen molar-refractivity contribution in [3.05, 3.63) is 40.6 Å². The van der Waals surface area contributed by atoms with E-state index in [0.717, 1.165) is 20.8 Å². The van der Waals surface area contributed by atoms with Gasteiger partial charge in [0.1, 0.15) is 0 Å². The second kappa shape index (κ2) is 8.03. The average Bonchev–Trinajstić information content (AvgIpc) is 3.31. The van der Waals surface area contributed by atoms with Gasteiger partial charge in [-0.15, -0.1) is 11.3 Å². The van der Waals surface area contributed by atoms with Gasteiger partial charge in [0.05, 0.1) is 29.9 Å². The van der Waals surface area contributed by atoms with E-state index in [0.29, 0.717) is 37.9 Å². The van der Waals surface area contributed by atoms with Gasteiger partial charge in [-0.25, -0.2) is 9.78 Å². The zero-order valence-corrected chi connectivity index (χ0v) is 16.1. The first-order valence-electron chi connectivity index (χ1n) is 8.54. The minimum atomic E-state index is -0.165. The van der Waals surface area contributed by atoms with Gasteiger partial charge in [-0.3, -0.25) is 10.1 Å². The van der Waals surface area contributed by atoms with Crippen LogP contribution in [0.15, 0.2) is 35.7 Å². The third-order valence-corrected chi connectivity index (χ3v) is 5.91. The Balaban J connectivity index is 1.42. The van der Waals surface area contributed by atoms with E-state index in [4.69, 9.17) is 4.74 Å². The molecule has 9 heteroatoms. The minimum Gasteiger partial charge on any atom is -0.378 e. The molecule has 0 aliphatic carbocycles. The molecule has 1 saturated heterocycles. The van der Waals surface area contributed by atoms with E-state index >= 15 is 0 Å². The van der Waals surface area contributed by atoms with Crippen LogP contribution >= 0.6 is 22.7 Å². The van der Waals surface area contributed by atoms with Crippen molar-refractivity contribution in [2.24, 2.45) is 0 Å². The quantitative estimate of drug-likeness (QED) is 0.701. The molecule has 0 saturated carbocycles. The van der Waals surface area contributed by atoms with Crippen molar-refractivity contribution in [1.29, 1.82) is 0 Å². The van der Waals surface area contributed by atoms with E-state index in [9.17, 15) is 9.59 Å². The summed E-state index contributed by atoms with van der Waals surface area (Å²) in [6, 6.07) is 9.26. The number of hydrogen-bond donors (Lipinski definition) is 2. The highest BCUT2D eigenvalue weighted by molar-refractivity contribution is 7.22. The number of morpholine rings is 1. The molecule has 1 aliphatic rings. The van der Waals surface area contributed by atoms with Gasteiger partial charge in [0.15, 0.2) is 5.13 Å². The molecule has 3 aromatic rings. The van der Waals surface area contributed by atoms with Gasteiger partial charge in [0.25, 0.3) is 0 Å². The molecule has 1 aromatic carbocycles. The van der Waals surface area contributed by atoms with Gasteiger partial charge in [0.2, 0.25) is 5.91 Å². The van der Waals surface area contributed by atoms with Crippen molar-refractivity contribution < 1.29 is 14.3 Å². The summed E-state index contributed by atoms with van der Waals surface area (Å²) in [5.74, 6) is -0.0536. The lowest BCUT2D eigenvalue weighted by Crippen LogP contribution is -2.43. The van der Waals surface area contributed by atoms with Gasteiger partial charge >= 0.3 is 6.03 Å². The van der Waals surface area contributed by atoms with Gasteiger partial charge in [-0.2, -0.15) is 0 Å². The normalized spacial score (nSPS) is 14.3. The molecule has 4 rings (SSSR count). The van der Waals surface area contributed by atoms with Crippen LogP contribution < -0.4 is 10.6 Å². The molecular weight excluding hydrogens is 384 g/mol. The van der Waals surface area contributed by atoms with Gasteiger partial charge in [-0.1, -0.05) is 17.4 Å². The number of carbonyl (C=O) groups is 2. The molecule has 7 nitrogen and oxygen atoms in total. The van der Waals surface area contributed by atoms with Crippen LogP contribution in [0.5, 0.6) is 0 Å². The summed E-state index contributed by atoms with van der Waals surface area (Å²) in [4.78, 5) is 31.6. The first-order valence-corrected chi connectivity index (χ1v) is 10.2. The Morgan fingerprint density at radius 1 is 1.19 bits per heavy atom. The summed E-state index contributed by atoms with van der Waals surface area (Å²) in [5.41, 5.74) is 1.51. The average molecular weight is 403 g/mol. The third kappa shape index (κ3) is 4.44. The summed E-state index contributed by atoms with van der Waals surface area (Å²) in [6.45, 7) is 2.28. The number of ether oxygens (including phenoxy) is 1. The molecule has 0 unspecified atom stereocenters. The number of hydrogen-bond acceptors (Lipinski definition) is 6. The molecular formula is C18H18N4O3S2. The summed E-state index contributed by atoms with van der Waals surface area (Å²) < 4.78 is 6.16. The summed E-state index contributed by atoms with van der Waals surface area (Å²) in [6.07, 6.45) is 0.360. The first kappa shape index (κ1) is 17.9. The van der Waals surface area contributed by atoms with E-state index in [1.165, 1.54) is 11.3 Å². The van der Waals surface area contributed by atoms with Crippen LogP contribution in [0.2, 0.25) is 0 Å². The van der Waals surface area contributed by atoms with Crippen molar-refractivity contribution in [2.45, 2.75) is 6.42 Å². The van der Waals surface area contributed by atoms with E-state index in [1.807, 2.05) is 35.7 Å². The molecule has 3 heterocycles. The standard InChI is InChI=1S/C18H18N4O3S2/c23-16(11-13-2-1-9-26-13)19-12-3-4-14-15(10-12)27-17(20-14)21-18(24)22-5-7-25-8-6-22/h1-4,9-10H,5-8,11H2,(H,19,23)(H,20,21,24). The zero-order chi connectivity index (χ0) is 18.6. The van der Waals surface area contributed by atoms with Crippen LogP contribution in [0.4, 0.5) is 15.6 Å². The highest BCUT2D eigenvalue weighted by atomic mass is 32.1. The lowest BCUT2D eigenvalue weighted by molar-refractivity contribution is -0.115. The topological polar surface area (TPSA) is 83.6 Å². The molecule has 2 N–H and O–H groups in total. The number of nitrogens with zero attached hydrogens (tertiary/aromatic N) is 2. The minimum absolute atomic E-state index is 0.0536. The largest absolute Gasteiger partial charge is 0.378 e. The monoisotopic (exact) mass is 402 g/mol. The predicted molar refractivity (Wildman–Crippen MR) is 108 cm³/mol. The Morgan fingerprint density at radius 2 is 2.04 bits per heavy atom. The second-order valence-corrected chi connectivity index (χ2v) is 8.10. The SMILES string of the molecule is O=C(Cc1cccs1)Nc1ccc2nc(NC(=O)N3CCOCC3)sc2c1. The lowest BCUT2D eigenvalue weighted by atomic mass is 10.2. The highest BCUT2D eigenvalue weighted by Crippen LogP contribution is 2.28. The summed E-state index contributed by atoms with van der Waals surface area (Å²) in [5, 5.41) is 8.26. The molecule has 1 fully saturated rings. The third-order valence-electron chi connectivity index (χ3n) is 4.10. The smallest absolute Gasteiger partial charge is 0.323 e. The number of rotatable bonds is 4. The first-order chi connectivity index (χ1) is 13.2. The van der Waals surface area contributed by atoms with Crippen molar-refractivity contribution >= 4 is 55.6 Å². The zero-order valence-electron chi connectivity index (χ0n) is 14.4. The predicted octanol–water partition coefficient (Wildman–Crippen LogP) is 3.40. The number of amides is 3. The fourth-order valence-electron chi connectivity index (χ4n) is 2.77. The number of thiazole rings is 1. The second-order valence-electron chi connectivity index (χ2n) is 6.04. The van der Waals surface area contributed by atoms with E-state index in [1.54, 1.807) is 16.2 Å². The molecule has 0 spiro atoms. The number of fused-ring (bicyclic) bond motifs is 1. The molecule has 0 radical (unpaired) electrons. The van der Waals surface area contributed by atoms with E-state index < -0.39 is 0 Å². The number of carbonyl (C=O) groups excluding carboxylic acids is 2. The lowest BCUT2D eigenvalue weighted by Gasteiger charge is -2.26. The van der Waals surface area contributed by atoms with Gasteiger partial charge < -0.3 is 15.0 Å². The maximum atomic E-state index is 12.3. The Labute approximate surface area is 164 Å². The molecule has 3 amide bonds.